The summed E-state index contributed by atoms with van der Waals surface area (Å²) in [5.41, 5.74) is 5.88. The molecule has 2 aliphatic rings. The van der Waals surface area contributed by atoms with E-state index in [1.165, 1.54) is 47.1 Å². The van der Waals surface area contributed by atoms with Crippen LogP contribution in [0.3, 0.4) is 0 Å². The Kier molecular flexibility index (Phi) is 5.34. The van der Waals surface area contributed by atoms with Gasteiger partial charge in [-0.3, -0.25) is 14.8 Å². The third-order valence-electron chi connectivity index (χ3n) is 5.79. The molecular weight excluding hydrogens is 442 g/mol. The van der Waals surface area contributed by atoms with Gasteiger partial charge in [0.2, 0.25) is 5.91 Å². The second-order valence-corrected chi connectivity index (χ2v) is 9.93. The highest BCUT2D eigenvalue weighted by atomic mass is 35.5. The van der Waals surface area contributed by atoms with Gasteiger partial charge in [-0.15, -0.1) is 0 Å². The number of pyridine rings is 1. The van der Waals surface area contributed by atoms with Gasteiger partial charge in [-0.05, 0) is 49.2 Å². The zero-order valence-electron chi connectivity index (χ0n) is 17.2. The van der Waals surface area contributed by atoms with Crippen molar-refractivity contribution in [2.24, 2.45) is 16.6 Å². The fourth-order valence-electron chi connectivity index (χ4n) is 4.19. The molecule has 2 N–H and O–H groups in total. The number of thioether (sulfide) groups is 1. The van der Waals surface area contributed by atoms with Crippen LogP contribution in [0.5, 0.6) is 0 Å². The molecule has 1 aromatic carbocycles. The molecule has 31 heavy (non-hydrogen) atoms. The Morgan fingerprint density at radius 1 is 1.35 bits per heavy atom. The molecular formula is C22H21ClF2N4OS. The van der Waals surface area contributed by atoms with Crippen LogP contribution in [0, 0.1) is 11.7 Å². The maximum atomic E-state index is 15.0. The minimum absolute atomic E-state index is 0.0668. The summed E-state index contributed by atoms with van der Waals surface area (Å²) in [5.74, 6) is -1.34. The predicted molar refractivity (Wildman–Crippen MR) is 121 cm³/mol. The first kappa shape index (κ1) is 21.8. The quantitative estimate of drug-likeness (QED) is 0.727. The third kappa shape index (κ3) is 3.72. The number of nitrogens with two attached hydrogens (primary N) is 1. The Hall–Kier alpha value is -2.45. The Balaban J connectivity index is 1.73. The first-order valence-corrected chi connectivity index (χ1v) is 10.8. The fourth-order valence-corrected chi connectivity index (χ4v) is 5.80. The molecule has 0 unspecified atom stereocenters. The van der Waals surface area contributed by atoms with Crippen molar-refractivity contribution in [3.63, 3.8) is 0 Å². The average Bonchev–Trinajstić information content (AvgIpc) is 3.45. The van der Waals surface area contributed by atoms with E-state index in [2.05, 4.69) is 9.98 Å². The smallest absolute Gasteiger partial charge is 0.239 e. The molecule has 3 atom stereocenters. The number of carbonyl (C=O) groups is 1. The number of rotatable bonds is 4. The number of nitrogens with zero attached hydrogens (tertiary/aromatic N) is 3. The molecule has 1 aliphatic heterocycles. The molecule has 162 valence electrons. The molecule has 1 aliphatic carbocycles. The van der Waals surface area contributed by atoms with Crippen molar-refractivity contribution < 1.29 is 13.6 Å². The third-order valence-corrected chi connectivity index (χ3v) is 7.30. The van der Waals surface area contributed by atoms with Crippen LogP contribution in [0.15, 0.2) is 41.5 Å². The minimum Gasteiger partial charge on any atom is -0.378 e. The topological polar surface area (TPSA) is 71.6 Å². The van der Waals surface area contributed by atoms with Gasteiger partial charge in [-0.1, -0.05) is 29.4 Å². The van der Waals surface area contributed by atoms with Crippen LogP contribution in [0.2, 0.25) is 5.02 Å². The van der Waals surface area contributed by atoms with Gasteiger partial charge >= 0.3 is 0 Å². The number of amides is 1. The van der Waals surface area contributed by atoms with Crippen molar-refractivity contribution in [1.29, 1.82) is 0 Å². The van der Waals surface area contributed by atoms with E-state index in [4.69, 9.17) is 17.3 Å². The van der Waals surface area contributed by atoms with Crippen molar-refractivity contribution in [1.82, 2.24) is 9.88 Å². The van der Waals surface area contributed by atoms with Gasteiger partial charge in [0.05, 0.1) is 16.3 Å². The molecule has 1 amide bonds. The maximum Gasteiger partial charge on any atom is 0.239 e. The lowest BCUT2D eigenvalue weighted by molar-refractivity contribution is -0.129. The number of hydrogen-bond acceptors (Lipinski definition) is 5. The number of fused-ring (bicyclic) bond motifs is 1. The second kappa shape index (κ2) is 7.60. The van der Waals surface area contributed by atoms with Crippen LogP contribution in [-0.4, -0.2) is 39.8 Å². The first-order valence-electron chi connectivity index (χ1n) is 9.62. The molecule has 2 aromatic rings. The molecule has 5 nitrogen and oxygen atoms in total. The van der Waals surface area contributed by atoms with Crippen LogP contribution >= 0.6 is 23.4 Å². The van der Waals surface area contributed by atoms with Gasteiger partial charge in [0.25, 0.3) is 0 Å². The number of hydrogen-bond donors (Lipinski definition) is 1. The van der Waals surface area contributed by atoms with E-state index in [9.17, 15) is 13.6 Å². The van der Waals surface area contributed by atoms with E-state index >= 15 is 0 Å². The van der Waals surface area contributed by atoms with Crippen molar-refractivity contribution in [2.45, 2.75) is 23.6 Å². The zero-order chi connectivity index (χ0) is 22.6. The molecule has 0 saturated heterocycles. The standard InChI is InChI=1S/C22H21ClF2N4OS/c1-21(18-10-22(18,19(30)29(2)3)31-20(26)28-21)14-8-12(4-6-15(14)24)9-16(25)17-7-5-13(23)11-27-17/h4-9,11,18H,10H2,1-3H3,(H2,26,28)/b16-9-/t18-,21+,22-/m0/s1. The Morgan fingerprint density at radius 2 is 2.10 bits per heavy atom. The molecule has 9 heteroatoms. The van der Waals surface area contributed by atoms with Gasteiger partial charge in [0, 0.05) is 31.8 Å². The number of aliphatic imine (C=N–C) groups is 1. The summed E-state index contributed by atoms with van der Waals surface area (Å²) in [6, 6.07) is 7.32. The van der Waals surface area contributed by atoms with E-state index in [0.717, 1.165) is 0 Å². The van der Waals surface area contributed by atoms with Crippen LogP contribution in [-0.2, 0) is 10.3 Å². The Morgan fingerprint density at radius 3 is 2.74 bits per heavy atom. The summed E-state index contributed by atoms with van der Waals surface area (Å²) >= 11 is 7.04. The van der Waals surface area contributed by atoms with Crippen LogP contribution in [0.1, 0.15) is 30.2 Å². The van der Waals surface area contributed by atoms with Crippen LogP contribution in [0.4, 0.5) is 8.78 Å². The average molecular weight is 463 g/mol. The van der Waals surface area contributed by atoms with Crippen molar-refractivity contribution in [3.05, 3.63) is 64.2 Å². The normalized spacial score (nSPS) is 27.4. The summed E-state index contributed by atoms with van der Waals surface area (Å²) in [4.78, 5) is 22.9. The highest BCUT2D eigenvalue weighted by Crippen LogP contribution is 2.66. The van der Waals surface area contributed by atoms with E-state index in [-0.39, 0.29) is 28.3 Å². The van der Waals surface area contributed by atoms with Crippen LogP contribution < -0.4 is 5.73 Å². The van der Waals surface area contributed by atoms with Crippen LogP contribution in [0.25, 0.3) is 11.9 Å². The number of amidine groups is 1. The summed E-state index contributed by atoms with van der Waals surface area (Å²) < 4.78 is 28.9. The van der Waals surface area contributed by atoms with E-state index < -0.39 is 21.9 Å². The summed E-state index contributed by atoms with van der Waals surface area (Å²) in [6.45, 7) is 1.78. The Labute approximate surface area is 188 Å². The molecule has 4 rings (SSSR count). The van der Waals surface area contributed by atoms with Gasteiger partial charge in [0.1, 0.15) is 16.4 Å². The van der Waals surface area contributed by atoms with Crippen molar-refractivity contribution >= 4 is 46.3 Å². The minimum atomic E-state index is -1.04. The molecule has 0 radical (unpaired) electrons. The Bertz CT molecular complexity index is 1120. The fraction of sp³-hybridized carbons (Fsp3) is 0.318. The monoisotopic (exact) mass is 462 g/mol. The molecule has 0 spiro atoms. The van der Waals surface area contributed by atoms with E-state index in [0.29, 0.717) is 17.0 Å². The molecule has 2 heterocycles. The van der Waals surface area contributed by atoms with Gasteiger partial charge < -0.3 is 10.6 Å². The van der Waals surface area contributed by atoms with E-state index in [1.807, 2.05) is 0 Å². The van der Waals surface area contributed by atoms with Gasteiger partial charge in [-0.25, -0.2) is 8.78 Å². The van der Waals surface area contributed by atoms with E-state index in [1.54, 1.807) is 33.2 Å². The highest BCUT2D eigenvalue weighted by Gasteiger charge is 2.71. The molecule has 1 aromatic heterocycles. The van der Waals surface area contributed by atoms with Gasteiger partial charge in [-0.2, -0.15) is 0 Å². The van der Waals surface area contributed by atoms with Crippen molar-refractivity contribution in [2.75, 3.05) is 14.1 Å². The largest absolute Gasteiger partial charge is 0.378 e. The predicted octanol–water partition coefficient (Wildman–Crippen LogP) is 4.47. The maximum absolute atomic E-state index is 15.0. The summed E-state index contributed by atoms with van der Waals surface area (Å²) in [5, 5.41) is 0.641. The number of halogens is 3. The molecule has 1 saturated carbocycles. The zero-order valence-corrected chi connectivity index (χ0v) is 18.8. The highest BCUT2D eigenvalue weighted by molar-refractivity contribution is 8.15. The summed E-state index contributed by atoms with van der Waals surface area (Å²) in [7, 11) is 3.37. The lowest BCUT2D eigenvalue weighted by Crippen LogP contribution is -2.43. The van der Waals surface area contributed by atoms with Crippen molar-refractivity contribution in [3.8, 4) is 0 Å². The number of aromatic nitrogens is 1. The first-order chi connectivity index (χ1) is 14.6. The van der Waals surface area contributed by atoms with Gasteiger partial charge in [0.15, 0.2) is 5.17 Å². The number of benzene rings is 1. The SMILES string of the molecule is CN(C)C(=O)[C@]12C[C@H]1[C@@](C)(c1cc(/C=C(\F)c3ccc(Cl)cn3)ccc1F)N=C(N)S2. The lowest BCUT2D eigenvalue weighted by Gasteiger charge is -2.34. The molecule has 0 bridgehead atoms. The summed E-state index contributed by atoms with van der Waals surface area (Å²) in [6.07, 6.45) is 3.17. The lowest BCUT2D eigenvalue weighted by atomic mass is 9.84. The second-order valence-electron chi connectivity index (χ2n) is 8.14. The molecule has 1 fully saturated rings. The number of carbonyl (C=O) groups excluding carboxylic acids is 1.